The van der Waals surface area contributed by atoms with Gasteiger partial charge >= 0.3 is 0 Å². The highest BCUT2D eigenvalue weighted by atomic mass is 32.1. The van der Waals surface area contributed by atoms with Crippen molar-refractivity contribution in [3.63, 3.8) is 0 Å². The minimum absolute atomic E-state index is 0.134. The first-order valence-electron chi connectivity index (χ1n) is 6.70. The van der Waals surface area contributed by atoms with Crippen molar-refractivity contribution in [2.45, 2.75) is 45.6 Å². The smallest absolute Gasteiger partial charge is 0.265 e. The Morgan fingerprint density at radius 2 is 1.95 bits per heavy atom. The molecular formula is C13H22N4OS. The van der Waals surface area contributed by atoms with Crippen LogP contribution in [-0.2, 0) is 0 Å². The third-order valence-electron chi connectivity index (χ3n) is 2.96. The Balaban J connectivity index is 2.14. The predicted molar refractivity (Wildman–Crippen MR) is 79.8 cm³/mol. The first-order chi connectivity index (χ1) is 8.87. The summed E-state index contributed by atoms with van der Waals surface area (Å²) in [5, 5.41) is 3.80. The summed E-state index contributed by atoms with van der Waals surface area (Å²) in [6.45, 7) is 7.87. The average molecular weight is 282 g/mol. The van der Waals surface area contributed by atoms with E-state index >= 15 is 0 Å². The molecule has 0 atom stereocenters. The highest BCUT2D eigenvalue weighted by Gasteiger charge is 2.23. The maximum absolute atomic E-state index is 12.1. The molecule has 1 aromatic rings. The van der Waals surface area contributed by atoms with Crippen LogP contribution in [0.4, 0.5) is 10.9 Å². The number of nitrogens with zero attached hydrogens (tertiary/aromatic N) is 2. The quantitative estimate of drug-likeness (QED) is 0.872. The van der Waals surface area contributed by atoms with E-state index in [1.807, 2.05) is 20.8 Å². The Labute approximate surface area is 118 Å². The predicted octanol–water partition coefficient (Wildman–Crippen LogP) is 2.24. The van der Waals surface area contributed by atoms with Gasteiger partial charge < -0.3 is 16.0 Å². The molecule has 0 aliphatic carbocycles. The van der Waals surface area contributed by atoms with Gasteiger partial charge in [0.15, 0.2) is 5.13 Å². The second kappa shape index (κ2) is 5.36. The van der Waals surface area contributed by atoms with Crippen molar-refractivity contribution in [1.29, 1.82) is 0 Å². The normalized spacial score (nSPS) is 16.5. The van der Waals surface area contributed by atoms with Crippen molar-refractivity contribution in [2.24, 2.45) is 0 Å². The summed E-state index contributed by atoms with van der Waals surface area (Å²) in [4.78, 5) is 19.2. The van der Waals surface area contributed by atoms with Crippen LogP contribution in [0.3, 0.4) is 0 Å². The molecule has 0 radical (unpaired) electrons. The van der Waals surface area contributed by atoms with Crippen molar-refractivity contribution in [3.05, 3.63) is 4.88 Å². The molecule has 0 unspecified atom stereocenters. The number of aromatic nitrogens is 1. The fourth-order valence-electron chi connectivity index (χ4n) is 2.10. The fraction of sp³-hybridized carbons (Fsp3) is 0.692. The van der Waals surface area contributed by atoms with Crippen LogP contribution in [-0.4, -0.2) is 29.5 Å². The van der Waals surface area contributed by atoms with Gasteiger partial charge in [0.25, 0.3) is 5.91 Å². The second-order valence-corrected chi connectivity index (χ2v) is 6.94. The number of thiazole rings is 1. The van der Waals surface area contributed by atoms with Gasteiger partial charge in [-0.15, -0.1) is 0 Å². The Morgan fingerprint density at radius 3 is 2.53 bits per heavy atom. The van der Waals surface area contributed by atoms with Crippen LogP contribution in [0.1, 0.15) is 49.7 Å². The average Bonchev–Trinajstić information content (AvgIpc) is 2.70. The van der Waals surface area contributed by atoms with Gasteiger partial charge in [0.05, 0.1) is 0 Å². The molecule has 0 spiro atoms. The molecule has 2 heterocycles. The molecule has 1 aromatic heterocycles. The molecule has 1 saturated heterocycles. The number of nitrogen functional groups attached to an aromatic ring is 1. The van der Waals surface area contributed by atoms with Crippen LogP contribution in [0.15, 0.2) is 0 Å². The van der Waals surface area contributed by atoms with Crippen LogP contribution < -0.4 is 16.0 Å². The zero-order chi connectivity index (χ0) is 14.0. The van der Waals surface area contributed by atoms with Gasteiger partial charge in [-0.25, -0.2) is 4.98 Å². The summed E-state index contributed by atoms with van der Waals surface area (Å²) in [6, 6.07) is 0. The largest absolute Gasteiger partial charge is 0.382 e. The lowest BCUT2D eigenvalue weighted by atomic mass is 10.1. The van der Waals surface area contributed by atoms with Crippen molar-refractivity contribution >= 4 is 28.2 Å². The number of rotatable bonds is 2. The Kier molecular flexibility index (Phi) is 3.99. The topological polar surface area (TPSA) is 71.2 Å². The van der Waals surface area contributed by atoms with Gasteiger partial charge in [0, 0.05) is 18.6 Å². The summed E-state index contributed by atoms with van der Waals surface area (Å²) in [5.41, 5.74) is 5.61. The van der Waals surface area contributed by atoms with E-state index in [1.165, 1.54) is 30.6 Å². The molecule has 2 rings (SSSR count). The van der Waals surface area contributed by atoms with E-state index < -0.39 is 0 Å². The molecule has 1 aliphatic heterocycles. The van der Waals surface area contributed by atoms with Crippen molar-refractivity contribution in [2.75, 3.05) is 23.7 Å². The lowest BCUT2D eigenvalue weighted by Crippen LogP contribution is -2.40. The van der Waals surface area contributed by atoms with E-state index in [0.717, 1.165) is 18.2 Å². The number of hydrogen-bond donors (Lipinski definition) is 2. The third-order valence-corrected chi connectivity index (χ3v) is 4.09. The van der Waals surface area contributed by atoms with E-state index in [0.29, 0.717) is 10.7 Å². The third kappa shape index (κ3) is 3.59. The minimum atomic E-state index is -0.265. The number of anilines is 2. The van der Waals surface area contributed by atoms with Crippen LogP contribution in [0.5, 0.6) is 0 Å². The molecule has 1 amide bonds. The van der Waals surface area contributed by atoms with Crippen molar-refractivity contribution in [1.82, 2.24) is 10.3 Å². The van der Waals surface area contributed by atoms with Crippen molar-refractivity contribution in [3.8, 4) is 0 Å². The Bertz CT molecular complexity index is 458. The van der Waals surface area contributed by atoms with E-state index in [2.05, 4.69) is 15.2 Å². The number of piperidine rings is 1. The fourth-order valence-corrected chi connectivity index (χ4v) is 3.03. The number of carbonyl (C=O) groups is 1. The number of amides is 1. The molecule has 1 fully saturated rings. The number of nitrogens with two attached hydrogens (primary N) is 1. The second-order valence-electron chi connectivity index (χ2n) is 5.96. The van der Waals surface area contributed by atoms with Gasteiger partial charge in [-0.2, -0.15) is 0 Å². The van der Waals surface area contributed by atoms with Crippen LogP contribution in [0.25, 0.3) is 0 Å². The highest BCUT2D eigenvalue weighted by molar-refractivity contribution is 7.18. The van der Waals surface area contributed by atoms with Gasteiger partial charge in [0.1, 0.15) is 10.7 Å². The van der Waals surface area contributed by atoms with E-state index in [-0.39, 0.29) is 11.4 Å². The van der Waals surface area contributed by atoms with Crippen molar-refractivity contribution < 1.29 is 4.79 Å². The maximum Gasteiger partial charge on any atom is 0.265 e. The standard InChI is InChI=1S/C13H22N4OS/c1-13(2,3)16-11(18)9-10(14)15-12(19-9)17-7-5-4-6-8-17/h4-8,14H2,1-3H3,(H,16,18). The highest BCUT2D eigenvalue weighted by Crippen LogP contribution is 2.30. The molecule has 106 valence electrons. The molecule has 5 nitrogen and oxygen atoms in total. The summed E-state index contributed by atoms with van der Waals surface area (Å²) < 4.78 is 0. The van der Waals surface area contributed by atoms with Gasteiger partial charge in [-0.1, -0.05) is 11.3 Å². The first-order valence-corrected chi connectivity index (χ1v) is 7.52. The van der Waals surface area contributed by atoms with Crippen LogP contribution in [0, 0.1) is 0 Å². The van der Waals surface area contributed by atoms with E-state index in [1.54, 1.807) is 0 Å². The summed E-state index contributed by atoms with van der Waals surface area (Å²) in [5.74, 6) is 0.207. The molecule has 0 aromatic carbocycles. The summed E-state index contributed by atoms with van der Waals surface area (Å²) in [6.07, 6.45) is 3.64. The SMILES string of the molecule is CC(C)(C)NC(=O)c1sc(N2CCCCC2)nc1N. The van der Waals surface area contributed by atoms with E-state index in [9.17, 15) is 4.79 Å². The molecule has 19 heavy (non-hydrogen) atoms. The molecular weight excluding hydrogens is 260 g/mol. The molecule has 3 N–H and O–H groups in total. The van der Waals surface area contributed by atoms with Gasteiger partial charge in [-0.05, 0) is 40.0 Å². The number of hydrogen-bond acceptors (Lipinski definition) is 5. The molecule has 0 bridgehead atoms. The number of carbonyl (C=O) groups excluding carboxylic acids is 1. The monoisotopic (exact) mass is 282 g/mol. The molecule has 1 aliphatic rings. The number of nitrogens with one attached hydrogen (secondary N) is 1. The van der Waals surface area contributed by atoms with Crippen LogP contribution >= 0.6 is 11.3 Å². The summed E-state index contributed by atoms with van der Waals surface area (Å²) >= 11 is 1.39. The Morgan fingerprint density at radius 1 is 1.32 bits per heavy atom. The first kappa shape index (κ1) is 14.1. The lowest BCUT2D eigenvalue weighted by molar-refractivity contribution is 0.0924. The van der Waals surface area contributed by atoms with Gasteiger partial charge in [-0.3, -0.25) is 4.79 Å². The maximum atomic E-state index is 12.1. The zero-order valence-corrected chi connectivity index (χ0v) is 12.6. The zero-order valence-electron chi connectivity index (χ0n) is 11.8. The molecule has 0 saturated carbocycles. The Hall–Kier alpha value is -1.30. The summed E-state index contributed by atoms with van der Waals surface area (Å²) in [7, 11) is 0. The lowest BCUT2D eigenvalue weighted by Gasteiger charge is -2.25. The van der Waals surface area contributed by atoms with Crippen LogP contribution in [0.2, 0.25) is 0 Å². The van der Waals surface area contributed by atoms with Gasteiger partial charge in [0.2, 0.25) is 0 Å². The molecule has 6 heteroatoms. The minimum Gasteiger partial charge on any atom is -0.382 e. The van der Waals surface area contributed by atoms with E-state index in [4.69, 9.17) is 5.73 Å².